The minimum atomic E-state index is -0.0675. The van der Waals surface area contributed by atoms with Crippen LogP contribution in [0.4, 0.5) is 0 Å². The molecule has 0 aliphatic carbocycles. The number of hydrogen-bond donors (Lipinski definition) is 2. The van der Waals surface area contributed by atoms with Gasteiger partial charge in [-0.2, -0.15) is 0 Å². The molecule has 6 heteroatoms. The van der Waals surface area contributed by atoms with E-state index >= 15 is 0 Å². The van der Waals surface area contributed by atoms with E-state index in [1.54, 1.807) is 6.07 Å². The zero-order chi connectivity index (χ0) is 13.8. The van der Waals surface area contributed by atoms with Crippen molar-refractivity contribution in [3.8, 4) is 0 Å². The van der Waals surface area contributed by atoms with Gasteiger partial charge in [0.2, 0.25) is 0 Å². The molecule has 2 rings (SSSR count). The molecule has 1 atom stereocenters. The first-order chi connectivity index (χ1) is 9.08. The Hall–Kier alpha value is -1.24. The van der Waals surface area contributed by atoms with Crippen molar-refractivity contribution in [3.05, 3.63) is 27.9 Å². The summed E-state index contributed by atoms with van der Waals surface area (Å²) in [6, 6.07) is 1.96. The van der Waals surface area contributed by atoms with Gasteiger partial charge < -0.3 is 20.1 Å². The van der Waals surface area contributed by atoms with E-state index in [2.05, 4.69) is 39.2 Å². The molecule has 0 saturated carbocycles. The van der Waals surface area contributed by atoms with Gasteiger partial charge in [-0.3, -0.25) is 4.79 Å². The summed E-state index contributed by atoms with van der Waals surface area (Å²) in [6.45, 7) is 3.78. The maximum absolute atomic E-state index is 11.6. The molecule has 1 aliphatic rings. The molecule has 1 aliphatic heterocycles. The van der Waals surface area contributed by atoms with E-state index in [9.17, 15) is 4.79 Å². The minimum absolute atomic E-state index is 0.0675. The monoisotopic (exact) mass is 265 g/mol. The Morgan fingerprint density at radius 1 is 1.47 bits per heavy atom. The van der Waals surface area contributed by atoms with Crippen LogP contribution in [0.25, 0.3) is 0 Å². The van der Waals surface area contributed by atoms with Gasteiger partial charge in [0.25, 0.3) is 5.56 Å². The number of nitrogens with one attached hydrogen (secondary N) is 2. The van der Waals surface area contributed by atoms with Crippen LogP contribution in [-0.4, -0.2) is 66.6 Å². The average molecular weight is 265 g/mol. The predicted octanol–water partition coefficient (Wildman–Crippen LogP) is -0.722. The third kappa shape index (κ3) is 3.86. The maximum atomic E-state index is 11.6. The first-order valence-electron chi connectivity index (χ1n) is 6.71. The fourth-order valence-corrected chi connectivity index (χ4v) is 2.48. The third-order valence-corrected chi connectivity index (χ3v) is 3.61. The van der Waals surface area contributed by atoms with Crippen molar-refractivity contribution in [1.29, 1.82) is 0 Å². The quantitative estimate of drug-likeness (QED) is 0.752. The number of likely N-dealkylation sites (N-methyl/N-ethyl adjacent to an activating group) is 2. The Balaban J connectivity index is 2.11. The molecule has 0 spiro atoms. The van der Waals surface area contributed by atoms with Gasteiger partial charge in [0.05, 0.1) is 5.69 Å². The summed E-state index contributed by atoms with van der Waals surface area (Å²) in [5.74, 6) is 0.782. The predicted molar refractivity (Wildman–Crippen MR) is 75.2 cm³/mol. The van der Waals surface area contributed by atoms with Crippen LogP contribution < -0.4 is 10.9 Å². The molecule has 19 heavy (non-hydrogen) atoms. The number of aromatic amines is 1. The van der Waals surface area contributed by atoms with Crippen molar-refractivity contribution in [2.75, 3.05) is 40.8 Å². The minimum Gasteiger partial charge on any atom is -0.314 e. The van der Waals surface area contributed by atoms with Crippen molar-refractivity contribution in [2.24, 2.45) is 0 Å². The largest absolute Gasteiger partial charge is 0.314 e. The van der Waals surface area contributed by atoms with E-state index in [1.165, 1.54) is 0 Å². The lowest BCUT2D eigenvalue weighted by Gasteiger charge is -2.37. The lowest BCUT2D eigenvalue weighted by atomic mass is 10.1. The Morgan fingerprint density at radius 2 is 2.26 bits per heavy atom. The van der Waals surface area contributed by atoms with Crippen LogP contribution in [0.15, 0.2) is 10.9 Å². The van der Waals surface area contributed by atoms with Crippen molar-refractivity contribution in [2.45, 2.75) is 19.0 Å². The summed E-state index contributed by atoms with van der Waals surface area (Å²) in [4.78, 5) is 23.6. The Kier molecular flexibility index (Phi) is 4.68. The summed E-state index contributed by atoms with van der Waals surface area (Å²) in [5.41, 5.74) is 0.732. The number of rotatable bonds is 4. The number of nitrogens with zero attached hydrogens (tertiary/aromatic N) is 3. The molecular weight excluding hydrogens is 242 g/mol. The molecule has 1 aromatic rings. The first kappa shape index (κ1) is 14.2. The number of piperazine rings is 1. The zero-order valence-electron chi connectivity index (χ0n) is 11.9. The van der Waals surface area contributed by atoms with Gasteiger partial charge in [0.15, 0.2) is 0 Å². The fourth-order valence-electron chi connectivity index (χ4n) is 2.48. The molecule has 0 radical (unpaired) electrons. The Labute approximate surface area is 113 Å². The van der Waals surface area contributed by atoms with Crippen molar-refractivity contribution in [3.63, 3.8) is 0 Å². The summed E-state index contributed by atoms with van der Waals surface area (Å²) >= 11 is 0. The smallest absolute Gasteiger partial charge is 0.251 e. The molecule has 6 nitrogen and oxygen atoms in total. The number of aromatic nitrogens is 2. The second kappa shape index (κ2) is 6.27. The van der Waals surface area contributed by atoms with E-state index in [1.807, 2.05) is 7.05 Å². The van der Waals surface area contributed by atoms with Crippen LogP contribution >= 0.6 is 0 Å². The highest BCUT2D eigenvalue weighted by Crippen LogP contribution is 2.09. The second-order valence-electron chi connectivity index (χ2n) is 5.31. The highest BCUT2D eigenvalue weighted by molar-refractivity contribution is 5.04. The molecule has 1 saturated heterocycles. The highest BCUT2D eigenvalue weighted by Gasteiger charge is 2.23. The molecular formula is C13H23N5O. The lowest BCUT2D eigenvalue weighted by molar-refractivity contribution is 0.113. The van der Waals surface area contributed by atoms with Crippen LogP contribution in [0.2, 0.25) is 0 Å². The molecule has 1 aromatic heterocycles. The van der Waals surface area contributed by atoms with E-state index in [-0.39, 0.29) is 5.56 Å². The van der Waals surface area contributed by atoms with Crippen LogP contribution in [0, 0.1) is 0 Å². The molecule has 0 amide bonds. The van der Waals surface area contributed by atoms with Gasteiger partial charge in [-0.1, -0.05) is 0 Å². The standard InChI is InChI=1S/C13H23N5O/c1-14-8-10-6-13(19)16-12(15-10)7-11-9-17(2)4-5-18(11)3/h6,11,14H,4-5,7-9H2,1-3H3,(H,15,16,19). The van der Waals surface area contributed by atoms with Gasteiger partial charge in [-0.15, -0.1) is 0 Å². The highest BCUT2D eigenvalue weighted by atomic mass is 16.1. The zero-order valence-corrected chi connectivity index (χ0v) is 11.9. The molecule has 1 unspecified atom stereocenters. The molecule has 0 bridgehead atoms. The molecule has 0 aromatic carbocycles. The topological polar surface area (TPSA) is 64.3 Å². The Bertz CT molecular complexity index is 472. The first-order valence-corrected chi connectivity index (χ1v) is 6.71. The van der Waals surface area contributed by atoms with E-state index in [0.29, 0.717) is 12.6 Å². The third-order valence-electron chi connectivity index (χ3n) is 3.61. The SMILES string of the molecule is CNCc1cc(=O)[nH]c(CC2CN(C)CCN2C)n1. The van der Waals surface area contributed by atoms with Crippen molar-refractivity contribution >= 4 is 0 Å². The summed E-state index contributed by atoms with van der Waals surface area (Å²) in [5, 5.41) is 3.02. The van der Waals surface area contributed by atoms with E-state index in [4.69, 9.17) is 0 Å². The van der Waals surface area contributed by atoms with Crippen LogP contribution in [0.3, 0.4) is 0 Å². The molecule has 2 N–H and O–H groups in total. The molecule has 1 fully saturated rings. The van der Waals surface area contributed by atoms with E-state index in [0.717, 1.165) is 37.6 Å². The van der Waals surface area contributed by atoms with Gasteiger partial charge in [-0.25, -0.2) is 4.98 Å². The average Bonchev–Trinajstić information content (AvgIpc) is 2.33. The molecule has 106 valence electrons. The second-order valence-corrected chi connectivity index (χ2v) is 5.31. The van der Waals surface area contributed by atoms with Crippen molar-refractivity contribution in [1.82, 2.24) is 25.1 Å². The number of hydrogen-bond acceptors (Lipinski definition) is 5. The van der Waals surface area contributed by atoms with Crippen LogP contribution in [0.5, 0.6) is 0 Å². The summed E-state index contributed by atoms with van der Waals surface area (Å²) in [6.07, 6.45) is 0.785. The summed E-state index contributed by atoms with van der Waals surface area (Å²) < 4.78 is 0. The van der Waals surface area contributed by atoms with Gasteiger partial charge in [0, 0.05) is 44.7 Å². The lowest BCUT2D eigenvalue weighted by Crippen LogP contribution is -2.51. The van der Waals surface area contributed by atoms with Gasteiger partial charge in [-0.05, 0) is 21.1 Å². The van der Waals surface area contributed by atoms with Crippen LogP contribution in [-0.2, 0) is 13.0 Å². The van der Waals surface area contributed by atoms with Gasteiger partial charge >= 0.3 is 0 Å². The molecule has 2 heterocycles. The normalized spacial score (nSPS) is 21.7. The van der Waals surface area contributed by atoms with E-state index < -0.39 is 0 Å². The van der Waals surface area contributed by atoms with Crippen molar-refractivity contribution < 1.29 is 0 Å². The fraction of sp³-hybridized carbons (Fsp3) is 0.692. The Morgan fingerprint density at radius 3 is 3.00 bits per heavy atom. The van der Waals surface area contributed by atoms with Crippen LogP contribution in [0.1, 0.15) is 11.5 Å². The van der Waals surface area contributed by atoms with Gasteiger partial charge in [0.1, 0.15) is 5.82 Å². The maximum Gasteiger partial charge on any atom is 0.251 e. The number of H-pyrrole nitrogens is 1. The summed E-state index contributed by atoms with van der Waals surface area (Å²) in [7, 11) is 6.12.